The molecule has 1 aliphatic rings. The maximum absolute atomic E-state index is 3.72. The van der Waals surface area contributed by atoms with Gasteiger partial charge in [-0.15, -0.1) is 0 Å². The number of hydrogen-bond acceptors (Lipinski definition) is 2. The molecule has 18 heavy (non-hydrogen) atoms. The first-order valence-corrected chi connectivity index (χ1v) is 9.01. The number of hydrogen-bond donors (Lipinski definition) is 1. The molecular weight excluding hydrogens is 306 g/mol. The highest BCUT2D eigenvalue weighted by Crippen LogP contribution is 2.37. The zero-order chi connectivity index (χ0) is 12.8. The van der Waals surface area contributed by atoms with Gasteiger partial charge in [0.15, 0.2) is 0 Å². The van der Waals surface area contributed by atoms with Gasteiger partial charge in [-0.05, 0) is 52.2 Å². The van der Waals surface area contributed by atoms with Gasteiger partial charge in [0.05, 0.1) is 0 Å². The van der Waals surface area contributed by atoms with Gasteiger partial charge in [-0.1, -0.05) is 39.0 Å². The second-order valence-corrected chi connectivity index (χ2v) is 6.91. The first-order chi connectivity index (χ1) is 8.83. The summed E-state index contributed by atoms with van der Waals surface area (Å²) in [4.78, 5) is 0. The lowest BCUT2D eigenvalue weighted by Gasteiger charge is -2.29. The van der Waals surface area contributed by atoms with Crippen LogP contribution in [0.3, 0.4) is 0 Å². The van der Waals surface area contributed by atoms with E-state index in [-0.39, 0.29) is 0 Å². The maximum Gasteiger partial charge on any atom is 0.0368 e. The molecule has 0 spiro atoms. The fraction of sp³-hybridized carbons (Fsp3) is 0.733. The smallest absolute Gasteiger partial charge is 0.0368 e. The van der Waals surface area contributed by atoms with Crippen molar-refractivity contribution >= 4 is 27.3 Å². The Morgan fingerprint density at radius 1 is 1.22 bits per heavy atom. The van der Waals surface area contributed by atoms with E-state index < -0.39 is 0 Å². The zero-order valence-electron chi connectivity index (χ0n) is 11.3. The average molecular weight is 330 g/mol. The molecule has 1 aliphatic carbocycles. The number of halogens is 1. The van der Waals surface area contributed by atoms with Crippen LogP contribution in [-0.4, -0.2) is 6.54 Å². The van der Waals surface area contributed by atoms with Crippen molar-refractivity contribution in [3.63, 3.8) is 0 Å². The third-order valence-electron chi connectivity index (χ3n) is 4.02. The molecular formula is C15H24BrNS. The molecule has 1 aromatic rings. The van der Waals surface area contributed by atoms with E-state index in [1.807, 2.05) is 0 Å². The summed E-state index contributed by atoms with van der Waals surface area (Å²) < 4.78 is 1.29. The Bertz CT molecular complexity index is 342. The van der Waals surface area contributed by atoms with Crippen LogP contribution in [0.25, 0.3) is 0 Å². The Morgan fingerprint density at radius 2 is 1.89 bits per heavy atom. The average Bonchev–Trinajstić information content (AvgIpc) is 2.73. The summed E-state index contributed by atoms with van der Waals surface area (Å²) in [6, 6.07) is 0.550. The molecule has 0 amide bonds. The molecule has 3 heteroatoms. The van der Waals surface area contributed by atoms with Gasteiger partial charge < -0.3 is 5.32 Å². The van der Waals surface area contributed by atoms with Crippen LogP contribution in [0, 0.1) is 5.92 Å². The van der Waals surface area contributed by atoms with E-state index in [1.54, 1.807) is 11.3 Å². The van der Waals surface area contributed by atoms with E-state index in [4.69, 9.17) is 0 Å². The van der Waals surface area contributed by atoms with Crippen LogP contribution in [0.1, 0.15) is 63.5 Å². The Balaban J connectivity index is 2.10. The van der Waals surface area contributed by atoms with Crippen LogP contribution in [0.5, 0.6) is 0 Å². The van der Waals surface area contributed by atoms with Crippen molar-refractivity contribution in [2.24, 2.45) is 5.92 Å². The maximum atomic E-state index is 3.72. The van der Waals surface area contributed by atoms with Gasteiger partial charge in [-0.3, -0.25) is 0 Å². The van der Waals surface area contributed by atoms with E-state index in [9.17, 15) is 0 Å². The number of thiophene rings is 1. The van der Waals surface area contributed by atoms with Crippen LogP contribution in [0.4, 0.5) is 0 Å². The SMILES string of the molecule is CCNC(c1cscc1Br)C1CCCCCCC1. The van der Waals surface area contributed by atoms with E-state index in [2.05, 4.69) is 38.9 Å². The first kappa shape index (κ1) is 14.5. The molecule has 2 rings (SSSR count). The number of rotatable bonds is 4. The molecule has 1 saturated carbocycles. The summed E-state index contributed by atoms with van der Waals surface area (Å²) in [6.07, 6.45) is 9.91. The molecule has 1 N–H and O–H groups in total. The first-order valence-electron chi connectivity index (χ1n) is 7.28. The second kappa shape index (κ2) is 7.66. The van der Waals surface area contributed by atoms with Crippen LogP contribution in [-0.2, 0) is 0 Å². The summed E-state index contributed by atoms with van der Waals surface area (Å²) in [5, 5.41) is 8.25. The van der Waals surface area contributed by atoms with Gasteiger partial charge in [-0.25, -0.2) is 0 Å². The van der Waals surface area contributed by atoms with E-state index in [0.29, 0.717) is 6.04 Å². The lowest BCUT2D eigenvalue weighted by atomic mass is 9.83. The van der Waals surface area contributed by atoms with Crippen molar-refractivity contribution in [3.8, 4) is 0 Å². The summed E-state index contributed by atoms with van der Waals surface area (Å²) in [7, 11) is 0. The monoisotopic (exact) mass is 329 g/mol. The van der Waals surface area contributed by atoms with Crippen molar-refractivity contribution in [3.05, 3.63) is 20.8 Å². The molecule has 1 heterocycles. The van der Waals surface area contributed by atoms with Crippen molar-refractivity contribution in [2.75, 3.05) is 6.54 Å². The van der Waals surface area contributed by atoms with E-state index in [1.165, 1.54) is 55.0 Å². The Kier molecular flexibility index (Phi) is 6.19. The van der Waals surface area contributed by atoms with Gasteiger partial charge in [0.1, 0.15) is 0 Å². The minimum atomic E-state index is 0.550. The van der Waals surface area contributed by atoms with Crippen LogP contribution >= 0.6 is 27.3 Å². The van der Waals surface area contributed by atoms with Gasteiger partial charge >= 0.3 is 0 Å². The Morgan fingerprint density at radius 3 is 2.44 bits per heavy atom. The predicted molar refractivity (Wildman–Crippen MR) is 84.2 cm³/mol. The molecule has 1 fully saturated rings. The molecule has 0 bridgehead atoms. The fourth-order valence-electron chi connectivity index (χ4n) is 3.08. The van der Waals surface area contributed by atoms with Gasteiger partial charge in [0.25, 0.3) is 0 Å². The molecule has 0 radical (unpaired) electrons. The molecule has 1 atom stereocenters. The minimum absolute atomic E-state index is 0.550. The van der Waals surface area contributed by atoms with Crippen molar-refractivity contribution in [1.29, 1.82) is 0 Å². The van der Waals surface area contributed by atoms with Crippen molar-refractivity contribution < 1.29 is 0 Å². The van der Waals surface area contributed by atoms with E-state index >= 15 is 0 Å². The minimum Gasteiger partial charge on any atom is -0.310 e. The van der Waals surface area contributed by atoms with E-state index in [0.717, 1.165) is 12.5 Å². The highest BCUT2D eigenvalue weighted by molar-refractivity contribution is 9.10. The van der Waals surface area contributed by atoms with Gasteiger partial charge in [0, 0.05) is 15.9 Å². The molecule has 0 aliphatic heterocycles. The van der Waals surface area contributed by atoms with Crippen LogP contribution in [0.15, 0.2) is 15.2 Å². The highest BCUT2D eigenvalue weighted by Gasteiger charge is 2.24. The molecule has 1 unspecified atom stereocenters. The summed E-state index contributed by atoms with van der Waals surface area (Å²) in [5.74, 6) is 0.816. The normalized spacial score (nSPS) is 20.3. The molecule has 0 aromatic carbocycles. The topological polar surface area (TPSA) is 12.0 Å². The fourth-order valence-corrected chi connectivity index (χ4v) is 4.66. The van der Waals surface area contributed by atoms with Crippen LogP contribution in [0.2, 0.25) is 0 Å². The predicted octanol–water partition coefficient (Wildman–Crippen LogP) is 5.52. The summed E-state index contributed by atoms with van der Waals surface area (Å²) in [5.41, 5.74) is 1.48. The largest absolute Gasteiger partial charge is 0.310 e. The lowest BCUT2D eigenvalue weighted by molar-refractivity contribution is 0.291. The quantitative estimate of drug-likeness (QED) is 0.766. The molecule has 0 saturated heterocycles. The lowest BCUT2D eigenvalue weighted by Crippen LogP contribution is -2.28. The third-order valence-corrected chi connectivity index (χ3v) is 5.77. The standard InChI is InChI=1S/C15H24BrNS/c1-2-17-15(13-10-18-11-14(13)16)12-8-6-4-3-5-7-9-12/h10-12,15,17H,2-9H2,1H3. The van der Waals surface area contributed by atoms with Crippen molar-refractivity contribution in [2.45, 2.75) is 57.9 Å². The summed E-state index contributed by atoms with van der Waals surface area (Å²) >= 11 is 5.52. The van der Waals surface area contributed by atoms with Gasteiger partial charge in [-0.2, -0.15) is 11.3 Å². The highest BCUT2D eigenvalue weighted by atomic mass is 79.9. The number of nitrogens with one attached hydrogen (secondary N) is 1. The zero-order valence-corrected chi connectivity index (χ0v) is 13.7. The Hall–Kier alpha value is 0.140. The molecule has 1 nitrogen and oxygen atoms in total. The third kappa shape index (κ3) is 3.82. The molecule has 102 valence electrons. The van der Waals surface area contributed by atoms with Gasteiger partial charge in [0.2, 0.25) is 0 Å². The van der Waals surface area contributed by atoms with Crippen molar-refractivity contribution in [1.82, 2.24) is 5.32 Å². The van der Waals surface area contributed by atoms with Crippen LogP contribution < -0.4 is 5.32 Å². The Labute approximate surface area is 123 Å². The molecule has 1 aromatic heterocycles. The summed E-state index contributed by atoms with van der Waals surface area (Å²) in [6.45, 7) is 3.28. The second-order valence-electron chi connectivity index (χ2n) is 5.32.